The quantitative estimate of drug-likeness (QED) is 0.721. The van der Waals surface area contributed by atoms with E-state index in [0.717, 1.165) is 12.8 Å². The molecule has 0 amide bonds. The van der Waals surface area contributed by atoms with Crippen LogP contribution in [0.2, 0.25) is 0 Å². The first-order valence-electron chi connectivity index (χ1n) is 6.97. The zero-order valence-corrected chi connectivity index (χ0v) is 12.0. The van der Waals surface area contributed by atoms with Crippen molar-refractivity contribution in [1.82, 2.24) is 9.21 Å². The molecule has 1 atom stereocenters. The number of alkyl halides is 1. The van der Waals surface area contributed by atoms with Crippen LogP contribution in [-0.4, -0.2) is 74.0 Å². The number of aliphatic hydroxyl groups excluding tert-OH is 1. The molecule has 0 bridgehead atoms. The summed E-state index contributed by atoms with van der Waals surface area (Å²) in [5.74, 6) is 0.347. The lowest BCUT2D eigenvalue weighted by Crippen LogP contribution is -2.51. The molecule has 0 aromatic rings. The van der Waals surface area contributed by atoms with Crippen molar-refractivity contribution < 1.29 is 17.9 Å². The molecule has 2 fully saturated rings. The topological polar surface area (TPSA) is 60.9 Å². The molecule has 1 N–H and O–H groups in total. The molecule has 1 unspecified atom stereocenters. The Morgan fingerprint density at radius 1 is 1.21 bits per heavy atom. The summed E-state index contributed by atoms with van der Waals surface area (Å²) >= 11 is 0. The first-order chi connectivity index (χ1) is 9.03. The fraction of sp³-hybridized carbons (Fsp3) is 1.00. The van der Waals surface area contributed by atoms with E-state index < -0.39 is 16.7 Å². The van der Waals surface area contributed by atoms with Gasteiger partial charge in [-0.1, -0.05) is 0 Å². The van der Waals surface area contributed by atoms with E-state index in [0.29, 0.717) is 38.6 Å². The Bertz CT molecular complexity index is 378. The highest BCUT2D eigenvalue weighted by Gasteiger charge is 2.32. The van der Waals surface area contributed by atoms with Crippen molar-refractivity contribution in [3.63, 3.8) is 0 Å². The molecular formula is C12H23FN2O3S. The van der Waals surface area contributed by atoms with Gasteiger partial charge in [0.2, 0.25) is 10.0 Å². The minimum atomic E-state index is -3.30. The van der Waals surface area contributed by atoms with Gasteiger partial charge < -0.3 is 5.11 Å². The highest BCUT2D eigenvalue weighted by atomic mass is 32.2. The highest BCUT2D eigenvalue weighted by molar-refractivity contribution is 7.89. The third kappa shape index (κ3) is 4.37. The summed E-state index contributed by atoms with van der Waals surface area (Å²) in [5.41, 5.74) is 0. The summed E-state index contributed by atoms with van der Waals surface area (Å²) in [6.07, 6.45) is 2.02. The summed E-state index contributed by atoms with van der Waals surface area (Å²) in [7, 11) is -3.30. The molecular weight excluding hydrogens is 271 g/mol. The molecule has 0 aromatic carbocycles. The fourth-order valence-corrected chi connectivity index (χ4v) is 3.90. The van der Waals surface area contributed by atoms with Crippen LogP contribution in [0.3, 0.4) is 0 Å². The minimum Gasteiger partial charge on any atom is -0.392 e. The van der Waals surface area contributed by atoms with Crippen molar-refractivity contribution in [3.8, 4) is 0 Å². The van der Waals surface area contributed by atoms with E-state index in [9.17, 15) is 17.9 Å². The molecule has 19 heavy (non-hydrogen) atoms. The molecule has 1 aliphatic carbocycles. The summed E-state index contributed by atoms with van der Waals surface area (Å²) in [5, 5.41) is 9.87. The van der Waals surface area contributed by atoms with Gasteiger partial charge in [0.25, 0.3) is 0 Å². The van der Waals surface area contributed by atoms with Crippen LogP contribution in [0.1, 0.15) is 19.3 Å². The standard InChI is InChI=1S/C12H23FN2O3S/c13-4-1-9-19(17,18)15-7-5-14(6-8-15)10-12(16)11-2-3-11/h11-12,16H,1-10H2. The number of hydrogen-bond donors (Lipinski definition) is 1. The number of sulfonamides is 1. The van der Waals surface area contributed by atoms with Crippen molar-refractivity contribution in [2.45, 2.75) is 25.4 Å². The van der Waals surface area contributed by atoms with Crippen molar-refractivity contribution in [2.75, 3.05) is 45.2 Å². The molecule has 1 aliphatic heterocycles. The molecule has 1 heterocycles. The van der Waals surface area contributed by atoms with Crippen molar-refractivity contribution >= 4 is 10.0 Å². The molecule has 112 valence electrons. The van der Waals surface area contributed by atoms with E-state index in [1.165, 1.54) is 4.31 Å². The van der Waals surface area contributed by atoms with Gasteiger partial charge in [-0.05, 0) is 25.2 Å². The predicted octanol–water partition coefficient (Wildman–Crippen LogP) is 0.0643. The average molecular weight is 294 g/mol. The van der Waals surface area contributed by atoms with Crippen molar-refractivity contribution in [1.29, 1.82) is 0 Å². The number of halogens is 1. The van der Waals surface area contributed by atoms with E-state index in [2.05, 4.69) is 4.90 Å². The third-order valence-corrected chi connectivity index (χ3v) is 5.83. The van der Waals surface area contributed by atoms with E-state index in [1.807, 2.05) is 0 Å². The largest absolute Gasteiger partial charge is 0.392 e. The Balaban J connectivity index is 1.75. The Morgan fingerprint density at radius 2 is 1.84 bits per heavy atom. The van der Waals surface area contributed by atoms with Crippen molar-refractivity contribution in [2.24, 2.45) is 5.92 Å². The zero-order chi connectivity index (χ0) is 13.9. The molecule has 0 radical (unpaired) electrons. The first-order valence-corrected chi connectivity index (χ1v) is 8.58. The van der Waals surface area contributed by atoms with Gasteiger partial charge in [-0.2, -0.15) is 4.31 Å². The van der Waals surface area contributed by atoms with Crippen LogP contribution in [0.5, 0.6) is 0 Å². The predicted molar refractivity (Wildman–Crippen MR) is 71.1 cm³/mol. The Hall–Kier alpha value is -0.240. The molecule has 1 saturated carbocycles. The van der Waals surface area contributed by atoms with Gasteiger partial charge in [0.15, 0.2) is 0 Å². The Morgan fingerprint density at radius 3 is 2.37 bits per heavy atom. The molecule has 5 nitrogen and oxygen atoms in total. The Kier molecular flexibility index (Phi) is 5.16. The minimum absolute atomic E-state index is 0.0724. The van der Waals surface area contributed by atoms with E-state index in [4.69, 9.17) is 0 Å². The van der Waals surface area contributed by atoms with Crippen LogP contribution >= 0.6 is 0 Å². The lowest BCUT2D eigenvalue weighted by Gasteiger charge is -2.34. The number of hydrogen-bond acceptors (Lipinski definition) is 4. The third-order valence-electron chi connectivity index (χ3n) is 3.87. The maximum atomic E-state index is 12.1. The zero-order valence-electron chi connectivity index (χ0n) is 11.2. The second kappa shape index (κ2) is 6.47. The lowest BCUT2D eigenvalue weighted by atomic mass is 10.2. The van der Waals surface area contributed by atoms with Gasteiger partial charge in [0.1, 0.15) is 0 Å². The normalized spacial score (nSPS) is 24.5. The molecule has 1 saturated heterocycles. The number of β-amino-alcohol motifs (C(OH)–C–C–N with tert-alkyl or cyclic N) is 1. The monoisotopic (exact) mass is 294 g/mol. The van der Waals surface area contributed by atoms with Crippen LogP contribution in [0, 0.1) is 5.92 Å². The number of nitrogens with zero attached hydrogens (tertiary/aromatic N) is 2. The van der Waals surface area contributed by atoms with Crippen LogP contribution in [0.25, 0.3) is 0 Å². The van der Waals surface area contributed by atoms with E-state index in [-0.39, 0.29) is 18.3 Å². The van der Waals surface area contributed by atoms with Crippen LogP contribution in [0.4, 0.5) is 4.39 Å². The van der Waals surface area contributed by atoms with Gasteiger partial charge in [-0.15, -0.1) is 0 Å². The second-order valence-corrected chi connectivity index (χ2v) is 7.55. The van der Waals surface area contributed by atoms with Crippen LogP contribution in [-0.2, 0) is 10.0 Å². The van der Waals surface area contributed by atoms with Gasteiger partial charge in [-0.25, -0.2) is 8.42 Å². The van der Waals surface area contributed by atoms with Crippen LogP contribution in [0.15, 0.2) is 0 Å². The summed E-state index contributed by atoms with van der Waals surface area (Å²) in [6.45, 7) is 2.26. The van der Waals surface area contributed by atoms with Crippen molar-refractivity contribution in [3.05, 3.63) is 0 Å². The van der Waals surface area contributed by atoms with Gasteiger partial charge in [0, 0.05) is 32.7 Å². The number of piperazine rings is 1. The van der Waals surface area contributed by atoms with Gasteiger partial charge in [0.05, 0.1) is 18.5 Å². The van der Waals surface area contributed by atoms with Crippen LogP contribution < -0.4 is 0 Å². The molecule has 2 aliphatic rings. The van der Waals surface area contributed by atoms with E-state index >= 15 is 0 Å². The molecule has 7 heteroatoms. The molecule has 2 rings (SSSR count). The number of aliphatic hydroxyl groups is 1. The SMILES string of the molecule is O=S(=O)(CCCF)N1CCN(CC(O)C2CC2)CC1. The molecule has 0 aromatic heterocycles. The average Bonchev–Trinajstić information content (AvgIpc) is 3.21. The van der Waals surface area contributed by atoms with E-state index in [1.54, 1.807) is 0 Å². The summed E-state index contributed by atoms with van der Waals surface area (Å²) in [6, 6.07) is 0. The summed E-state index contributed by atoms with van der Waals surface area (Å²) < 4.78 is 37.3. The summed E-state index contributed by atoms with van der Waals surface area (Å²) in [4.78, 5) is 2.12. The highest BCUT2D eigenvalue weighted by Crippen LogP contribution is 2.32. The molecule has 0 spiro atoms. The number of rotatable bonds is 7. The smallest absolute Gasteiger partial charge is 0.214 e. The fourth-order valence-electron chi connectivity index (χ4n) is 2.45. The Labute approximate surface area is 114 Å². The maximum absolute atomic E-state index is 12.1. The van der Waals surface area contributed by atoms with Gasteiger partial charge in [-0.3, -0.25) is 9.29 Å². The lowest BCUT2D eigenvalue weighted by molar-refractivity contribution is 0.0782. The maximum Gasteiger partial charge on any atom is 0.214 e. The van der Waals surface area contributed by atoms with Gasteiger partial charge >= 0.3 is 0 Å². The first kappa shape index (κ1) is 15.2. The second-order valence-electron chi connectivity index (χ2n) is 5.46.